The summed E-state index contributed by atoms with van der Waals surface area (Å²) in [5.74, 6) is 1.92. The number of hydrogen-bond acceptors (Lipinski definition) is 6. The van der Waals surface area contributed by atoms with Crippen molar-refractivity contribution in [3.63, 3.8) is 0 Å². The Hall–Kier alpha value is -1.96. The van der Waals surface area contributed by atoms with E-state index in [-0.39, 0.29) is 18.4 Å². The van der Waals surface area contributed by atoms with Gasteiger partial charge in [0.1, 0.15) is 0 Å². The molecular weight excluding hydrogens is 288 g/mol. The second-order valence-electron chi connectivity index (χ2n) is 5.46. The van der Waals surface area contributed by atoms with Crippen LogP contribution in [0.2, 0.25) is 0 Å². The van der Waals surface area contributed by atoms with Crippen LogP contribution < -0.4 is 5.32 Å². The SMILES string of the molecule is CC(C(=O)NCCc1noc(C2CCC2)n1)N(C)C.O=CO. The number of likely N-dealkylation sites (N-methyl/N-ethyl adjacent to an activating group) is 1. The molecule has 2 N–H and O–H groups in total. The molecule has 1 aromatic heterocycles. The normalized spacial score (nSPS) is 15.5. The summed E-state index contributed by atoms with van der Waals surface area (Å²) in [4.78, 5) is 26.3. The largest absolute Gasteiger partial charge is 0.483 e. The van der Waals surface area contributed by atoms with Gasteiger partial charge in [-0.1, -0.05) is 11.6 Å². The van der Waals surface area contributed by atoms with Gasteiger partial charge in [-0.25, -0.2) is 0 Å². The van der Waals surface area contributed by atoms with E-state index in [0.29, 0.717) is 24.7 Å². The highest BCUT2D eigenvalue weighted by Crippen LogP contribution is 2.35. The van der Waals surface area contributed by atoms with Crippen LogP contribution in [0, 0.1) is 0 Å². The monoisotopic (exact) mass is 312 g/mol. The molecule has 1 unspecified atom stereocenters. The molecule has 1 aliphatic carbocycles. The van der Waals surface area contributed by atoms with Crippen molar-refractivity contribution in [2.24, 2.45) is 0 Å². The molecule has 0 radical (unpaired) electrons. The molecule has 1 aromatic rings. The van der Waals surface area contributed by atoms with Gasteiger partial charge in [0.2, 0.25) is 11.8 Å². The molecule has 2 rings (SSSR count). The Morgan fingerprint density at radius 2 is 2.18 bits per heavy atom. The number of nitrogens with one attached hydrogen (secondary N) is 1. The van der Waals surface area contributed by atoms with Crippen molar-refractivity contribution in [1.82, 2.24) is 20.4 Å². The zero-order chi connectivity index (χ0) is 16.5. The Balaban J connectivity index is 0.000000745. The van der Waals surface area contributed by atoms with E-state index >= 15 is 0 Å². The van der Waals surface area contributed by atoms with Crippen LogP contribution in [0.3, 0.4) is 0 Å². The van der Waals surface area contributed by atoms with Gasteiger partial charge in [0, 0.05) is 18.9 Å². The lowest BCUT2D eigenvalue weighted by Crippen LogP contribution is -2.42. The van der Waals surface area contributed by atoms with Crippen molar-refractivity contribution in [1.29, 1.82) is 0 Å². The maximum Gasteiger partial charge on any atom is 0.290 e. The third-order valence-corrected chi connectivity index (χ3v) is 3.74. The van der Waals surface area contributed by atoms with E-state index in [9.17, 15) is 4.79 Å². The third kappa shape index (κ3) is 5.44. The standard InChI is InChI=1S/C13H22N4O2.CH2O2/c1-9(17(2)3)12(18)14-8-7-11-15-13(19-16-11)10-5-4-6-10;2-1-3/h9-10H,4-8H2,1-3H3,(H,14,18);1H,(H,2,3). The average molecular weight is 312 g/mol. The van der Waals surface area contributed by atoms with Crippen LogP contribution in [-0.2, 0) is 16.0 Å². The van der Waals surface area contributed by atoms with Gasteiger partial charge in [0.25, 0.3) is 6.47 Å². The number of rotatable bonds is 6. The van der Waals surface area contributed by atoms with Gasteiger partial charge in [-0.15, -0.1) is 0 Å². The van der Waals surface area contributed by atoms with Gasteiger partial charge < -0.3 is 14.9 Å². The molecule has 1 atom stereocenters. The number of amides is 1. The van der Waals surface area contributed by atoms with E-state index in [4.69, 9.17) is 14.4 Å². The van der Waals surface area contributed by atoms with E-state index < -0.39 is 0 Å². The van der Waals surface area contributed by atoms with Gasteiger partial charge in [-0.05, 0) is 33.9 Å². The van der Waals surface area contributed by atoms with Crippen LogP contribution in [0.5, 0.6) is 0 Å². The molecule has 124 valence electrons. The van der Waals surface area contributed by atoms with E-state index in [2.05, 4.69) is 15.5 Å². The molecule has 0 saturated heterocycles. The molecule has 1 saturated carbocycles. The molecule has 0 spiro atoms. The summed E-state index contributed by atoms with van der Waals surface area (Å²) >= 11 is 0. The van der Waals surface area contributed by atoms with Crippen LogP contribution in [0.15, 0.2) is 4.52 Å². The molecule has 1 aliphatic rings. The third-order valence-electron chi connectivity index (χ3n) is 3.74. The molecule has 1 fully saturated rings. The predicted octanol–water partition coefficient (Wildman–Crippen LogP) is 0.647. The van der Waals surface area contributed by atoms with Crippen LogP contribution in [0.4, 0.5) is 0 Å². The minimum absolute atomic E-state index is 0.0210. The number of nitrogens with zero attached hydrogens (tertiary/aromatic N) is 3. The summed E-state index contributed by atoms with van der Waals surface area (Å²) in [5.41, 5.74) is 0. The van der Waals surface area contributed by atoms with E-state index in [1.165, 1.54) is 6.42 Å². The number of carboxylic acid groups (broad SMARTS) is 1. The molecule has 8 nitrogen and oxygen atoms in total. The Kier molecular flexibility index (Phi) is 7.51. The fourth-order valence-corrected chi connectivity index (χ4v) is 1.87. The Labute approximate surface area is 129 Å². The lowest BCUT2D eigenvalue weighted by Gasteiger charge is -2.20. The average Bonchev–Trinajstić information content (AvgIpc) is 2.85. The molecule has 22 heavy (non-hydrogen) atoms. The van der Waals surface area contributed by atoms with Gasteiger partial charge in [0.15, 0.2) is 5.82 Å². The first-order valence-electron chi connectivity index (χ1n) is 7.34. The van der Waals surface area contributed by atoms with Crippen LogP contribution in [0.1, 0.15) is 43.8 Å². The second-order valence-corrected chi connectivity index (χ2v) is 5.46. The van der Waals surface area contributed by atoms with Gasteiger partial charge >= 0.3 is 0 Å². The Morgan fingerprint density at radius 3 is 2.68 bits per heavy atom. The highest BCUT2D eigenvalue weighted by molar-refractivity contribution is 5.81. The minimum Gasteiger partial charge on any atom is -0.483 e. The summed E-state index contributed by atoms with van der Waals surface area (Å²) in [6.07, 6.45) is 4.17. The fourth-order valence-electron chi connectivity index (χ4n) is 1.87. The maximum atomic E-state index is 11.7. The minimum atomic E-state index is -0.250. The lowest BCUT2D eigenvalue weighted by molar-refractivity contribution is -0.125. The van der Waals surface area contributed by atoms with Crippen molar-refractivity contribution < 1.29 is 19.2 Å². The van der Waals surface area contributed by atoms with Crippen LogP contribution >= 0.6 is 0 Å². The summed E-state index contributed by atoms with van der Waals surface area (Å²) in [6, 6.07) is -0.129. The van der Waals surface area contributed by atoms with Crippen LogP contribution in [0.25, 0.3) is 0 Å². The molecule has 1 heterocycles. The van der Waals surface area contributed by atoms with Crippen molar-refractivity contribution >= 4 is 12.4 Å². The van der Waals surface area contributed by atoms with E-state index in [1.54, 1.807) is 0 Å². The number of hydrogen-bond donors (Lipinski definition) is 2. The van der Waals surface area contributed by atoms with E-state index in [0.717, 1.165) is 18.7 Å². The number of aromatic nitrogens is 2. The summed E-state index contributed by atoms with van der Waals surface area (Å²) < 4.78 is 5.23. The summed E-state index contributed by atoms with van der Waals surface area (Å²) in [7, 11) is 3.77. The predicted molar refractivity (Wildman–Crippen MR) is 79.4 cm³/mol. The Bertz CT molecular complexity index is 471. The Morgan fingerprint density at radius 1 is 1.55 bits per heavy atom. The zero-order valence-corrected chi connectivity index (χ0v) is 13.3. The molecule has 0 bridgehead atoms. The van der Waals surface area contributed by atoms with Gasteiger partial charge in [0.05, 0.1) is 6.04 Å². The van der Waals surface area contributed by atoms with Crippen molar-refractivity contribution in [3.8, 4) is 0 Å². The molecule has 8 heteroatoms. The smallest absolute Gasteiger partial charge is 0.290 e. The van der Waals surface area contributed by atoms with E-state index in [1.807, 2.05) is 25.9 Å². The van der Waals surface area contributed by atoms with Gasteiger partial charge in [-0.2, -0.15) is 4.98 Å². The van der Waals surface area contributed by atoms with Crippen molar-refractivity contribution in [3.05, 3.63) is 11.7 Å². The maximum absolute atomic E-state index is 11.7. The summed E-state index contributed by atoms with van der Waals surface area (Å²) in [6.45, 7) is 2.17. The molecular formula is C14H24N4O4. The quantitative estimate of drug-likeness (QED) is 0.742. The zero-order valence-electron chi connectivity index (χ0n) is 13.3. The number of carbonyl (C=O) groups excluding carboxylic acids is 1. The fraction of sp³-hybridized carbons (Fsp3) is 0.714. The molecule has 1 amide bonds. The first kappa shape index (κ1) is 18.1. The van der Waals surface area contributed by atoms with Gasteiger partial charge in [-0.3, -0.25) is 14.5 Å². The van der Waals surface area contributed by atoms with Crippen molar-refractivity contribution in [2.45, 2.75) is 44.6 Å². The first-order valence-corrected chi connectivity index (χ1v) is 7.34. The summed E-state index contributed by atoms with van der Waals surface area (Å²) in [5, 5.41) is 13.7. The number of carbonyl (C=O) groups is 2. The first-order chi connectivity index (χ1) is 10.5. The topological polar surface area (TPSA) is 109 Å². The molecule has 0 aromatic carbocycles. The second kappa shape index (κ2) is 9.14. The van der Waals surface area contributed by atoms with Crippen LogP contribution in [-0.4, -0.2) is 59.2 Å². The van der Waals surface area contributed by atoms with Crippen molar-refractivity contribution in [2.75, 3.05) is 20.6 Å². The highest BCUT2D eigenvalue weighted by Gasteiger charge is 2.25. The highest BCUT2D eigenvalue weighted by atomic mass is 16.5. The molecule has 0 aliphatic heterocycles. The lowest BCUT2D eigenvalue weighted by atomic mass is 9.85.